The maximum Gasteiger partial charge on any atom is 0.419 e. The summed E-state index contributed by atoms with van der Waals surface area (Å²) in [5.41, 5.74) is -4.10. The van der Waals surface area contributed by atoms with Crippen molar-refractivity contribution < 1.29 is 60.5 Å². The number of nitrogens with zero attached hydrogens (tertiary/aromatic N) is 6. The molecule has 0 aliphatic carbocycles. The van der Waals surface area contributed by atoms with Crippen molar-refractivity contribution in [3.63, 3.8) is 0 Å². The van der Waals surface area contributed by atoms with E-state index in [0.29, 0.717) is 22.8 Å². The van der Waals surface area contributed by atoms with Crippen LogP contribution >= 0.6 is 0 Å². The average Bonchev–Trinajstić information content (AvgIpc) is 3.56. The zero-order valence-electron chi connectivity index (χ0n) is 22.1. The molecule has 1 aromatic carbocycles. The molecule has 0 fully saturated rings. The Morgan fingerprint density at radius 2 is 1.33 bits per heavy atom. The number of fused-ring (bicyclic) bond motifs is 2. The molecule has 20 heteroatoms. The van der Waals surface area contributed by atoms with Gasteiger partial charge < -0.3 is 20.3 Å². The summed E-state index contributed by atoms with van der Waals surface area (Å²) in [4.78, 5) is 52.9. The van der Waals surface area contributed by atoms with Crippen molar-refractivity contribution in [2.45, 2.75) is 12.7 Å². The number of nitrogens with one attached hydrogen (secondary N) is 1. The fraction of sp³-hybridized carbons (Fsp3) is 0.120. The smallest absolute Gasteiger partial charge is 0.419 e. The van der Waals surface area contributed by atoms with E-state index >= 15 is 0 Å². The first-order valence-electron chi connectivity index (χ1n) is 11.9. The fourth-order valence-corrected chi connectivity index (χ4v) is 3.67. The molecule has 14 nitrogen and oxygen atoms in total. The van der Waals surface area contributed by atoms with Crippen molar-refractivity contribution in [2.75, 3.05) is 7.11 Å². The van der Waals surface area contributed by atoms with Crippen molar-refractivity contribution in [1.82, 2.24) is 34.5 Å². The van der Waals surface area contributed by atoms with E-state index in [0.717, 1.165) is 36.0 Å². The Hall–Kier alpha value is -6.08. The van der Waals surface area contributed by atoms with Gasteiger partial charge in [-0.1, -0.05) is 6.07 Å². The summed E-state index contributed by atoms with van der Waals surface area (Å²) in [5, 5.41) is 27.3. The van der Waals surface area contributed by atoms with Gasteiger partial charge in [0.1, 0.15) is 11.5 Å². The first-order chi connectivity index (χ1) is 21.1. The van der Waals surface area contributed by atoms with Crippen LogP contribution in [0.5, 0.6) is 0 Å². The van der Waals surface area contributed by atoms with Crippen LogP contribution in [0, 0.1) is 17.5 Å². The van der Waals surface area contributed by atoms with Crippen molar-refractivity contribution >= 4 is 35.1 Å². The molecule has 3 N–H and O–H groups in total. The molecule has 5 rings (SSSR count). The van der Waals surface area contributed by atoms with Crippen LogP contribution in [0.2, 0.25) is 0 Å². The lowest BCUT2D eigenvalue weighted by Crippen LogP contribution is -2.25. The Labute approximate surface area is 244 Å². The van der Waals surface area contributed by atoms with Crippen LogP contribution in [0.1, 0.15) is 53.1 Å². The number of hydrogen-bond donors (Lipinski definition) is 3. The van der Waals surface area contributed by atoms with Gasteiger partial charge in [-0.15, -0.1) is 0 Å². The van der Waals surface area contributed by atoms with Crippen LogP contribution in [0.4, 0.5) is 26.3 Å². The number of benzene rings is 1. The molecule has 0 saturated heterocycles. The second kappa shape index (κ2) is 12.3. The number of carbonyl (C=O) groups is 4. The number of rotatable bonds is 6. The van der Waals surface area contributed by atoms with Crippen LogP contribution in [-0.2, 0) is 17.5 Å². The lowest BCUT2D eigenvalue weighted by Gasteiger charge is -2.11. The summed E-state index contributed by atoms with van der Waals surface area (Å²) in [5.74, 6) is -7.93. The van der Waals surface area contributed by atoms with Gasteiger partial charge in [0.05, 0.1) is 25.1 Å². The lowest BCUT2D eigenvalue weighted by molar-refractivity contribution is -0.140. The topological polar surface area (TPSA) is 190 Å². The largest absolute Gasteiger partial charge is 0.477 e. The molecule has 45 heavy (non-hydrogen) atoms. The zero-order chi connectivity index (χ0) is 33.2. The third-order valence-corrected chi connectivity index (χ3v) is 5.71. The highest BCUT2D eigenvalue weighted by atomic mass is 19.4. The Balaban J connectivity index is 0.000000231. The molecular formula is C25H15F6N7O7. The number of carbonyl (C=O) groups excluding carboxylic acids is 2. The molecule has 1 amide bonds. The number of esters is 1. The highest BCUT2D eigenvalue weighted by Gasteiger charge is 2.34. The number of carboxylic acid groups (broad SMARTS) is 2. The number of aromatic carboxylic acids is 2. The van der Waals surface area contributed by atoms with E-state index in [1.807, 2.05) is 0 Å². The van der Waals surface area contributed by atoms with Gasteiger partial charge in [-0.3, -0.25) is 4.79 Å². The Bertz CT molecular complexity index is 1990. The van der Waals surface area contributed by atoms with Gasteiger partial charge in [0, 0.05) is 18.7 Å². The van der Waals surface area contributed by atoms with E-state index in [9.17, 15) is 45.5 Å². The summed E-state index contributed by atoms with van der Waals surface area (Å²) >= 11 is 0. The monoisotopic (exact) mass is 639 g/mol. The highest BCUT2D eigenvalue weighted by Crippen LogP contribution is 2.31. The third kappa shape index (κ3) is 6.63. The van der Waals surface area contributed by atoms with Crippen molar-refractivity contribution in [3.05, 3.63) is 94.1 Å². The van der Waals surface area contributed by atoms with Crippen molar-refractivity contribution in [1.29, 1.82) is 0 Å². The normalized spacial score (nSPS) is 11.2. The van der Waals surface area contributed by atoms with Crippen LogP contribution in [0.15, 0.2) is 42.7 Å². The first-order valence-corrected chi connectivity index (χ1v) is 11.9. The van der Waals surface area contributed by atoms with Gasteiger partial charge in [-0.2, -0.15) is 23.4 Å². The lowest BCUT2D eigenvalue weighted by atomic mass is 10.1. The molecule has 5 aromatic rings. The number of alkyl halides is 3. The number of carboxylic acids is 2. The van der Waals surface area contributed by atoms with Gasteiger partial charge in [0.15, 0.2) is 40.0 Å². The van der Waals surface area contributed by atoms with Gasteiger partial charge in [-0.05, 0) is 17.7 Å². The second-order valence-electron chi connectivity index (χ2n) is 8.61. The Morgan fingerprint density at radius 3 is 1.82 bits per heavy atom. The van der Waals surface area contributed by atoms with Gasteiger partial charge in [0.25, 0.3) is 5.91 Å². The zero-order valence-corrected chi connectivity index (χ0v) is 22.1. The van der Waals surface area contributed by atoms with E-state index in [-0.39, 0.29) is 22.6 Å². The molecule has 0 spiro atoms. The molecule has 0 radical (unpaired) electrons. The molecule has 0 aliphatic heterocycles. The maximum atomic E-state index is 13.7. The number of methoxy groups -OCH3 is 1. The van der Waals surface area contributed by atoms with Gasteiger partial charge in [0.2, 0.25) is 0 Å². The minimum Gasteiger partial charge on any atom is -0.477 e. The predicted octanol–water partition coefficient (Wildman–Crippen LogP) is 3.01. The molecule has 0 unspecified atom stereocenters. The van der Waals surface area contributed by atoms with E-state index in [4.69, 9.17) is 10.2 Å². The number of halogens is 6. The second-order valence-corrected chi connectivity index (χ2v) is 8.61. The first kappa shape index (κ1) is 31.8. The molecule has 234 valence electrons. The molecule has 4 aromatic heterocycles. The van der Waals surface area contributed by atoms with Crippen molar-refractivity contribution in [3.8, 4) is 0 Å². The SMILES string of the molecule is COC(=O)c1cc(C(=O)O)n2ncc(F)c2n1.O=C(NCc1ccc(F)c(C(F)(F)F)c1)c1cc(C(=O)O)n2ncc(F)c2n1. The summed E-state index contributed by atoms with van der Waals surface area (Å²) < 4.78 is 84.3. The maximum absolute atomic E-state index is 13.7. The van der Waals surface area contributed by atoms with Gasteiger partial charge in [-0.25, -0.2) is 46.6 Å². The molecular weight excluding hydrogens is 624 g/mol. The quantitative estimate of drug-likeness (QED) is 0.183. The standard InChI is InChI=1S/C16H9F5N4O3.C9H6FN3O4/c17-9-2-1-7(3-8(9)16(19,20)21)5-22-14(26)11-4-12(15(27)28)25-13(24-11)10(18)6-23-25;1-17-9(16)5-2-6(8(14)15)13-7(12-5)4(10)3-11-13/h1-4,6H,5H2,(H,22,26)(H,27,28);2-3H,1H3,(H,14,15). The molecule has 0 bridgehead atoms. The van der Waals surface area contributed by atoms with Crippen LogP contribution in [-0.4, -0.2) is 70.3 Å². The number of hydrogen-bond acceptors (Lipinski definition) is 9. The summed E-state index contributed by atoms with van der Waals surface area (Å²) in [6.45, 7) is -0.431. The molecule has 4 heterocycles. The summed E-state index contributed by atoms with van der Waals surface area (Å²) in [6.07, 6.45) is -3.38. The highest BCUT2D eigenvalue weighted by molar-refractivity contribution is 5.96. The molecule has 0 saturated carbocycles. The van der Waals surface area contributed by atoms with E-state index in [1.165, 1.54) is 0 Å². The number of amides is 1. The van der Waals surface area contributed by atoms with Crippen LogP contribution in [0.3, 0.4) is 0 Å². The Morgan fingerprint density at radius 1 is 0.822 bits per heavy atom. The number of aromatic nitrogens is 6. The van der Waals surface area contributed by atoms with Crippen LogP contribution < -0.4 is 5.32 Å². The van der Waals surface area contributed by atoms with Crippen molar-refractivity contribution in [2.24, 2.45) is 0 Å². The molecule has 0 aliphatic rings. The van der Waals surface area contributed by atoms with E-state index < -0.39 is 76.6 Å². The minimum absolute atomic E-state index is 0.0582. The Kier molecular flexibility index (Phi) is 8.68. The van der Waals surface area contributed by atoms with E-state index in [1.54, 1.807) is 0 Å². The number of ether oxygens (including phenoxy) is 1. The predicted molar refractivity (Wildman–Crippen MR) is 134 cm³/mol. The van der Waals surface area contributed by atoms with Gasteiger partial charge >= 0.3 is 24.1 Å². The fourth-order valence-electron chi connectivity index (χ4n) is 3.67. The summed E-state index contributed by atoms with van der Waals surface area (Å²) in [6, 6.07) is 3.99. The summed E-state index contributed by atoms with van der Waals surface area (Å²) in [7, 11) is 1.11. The molecule has 0 atom stereocenters. The van der Waals surface area contributed by atoms with Crippen LogP contribution in [0.25, 0.3) is 11.3 Å². The minimum atomic E-state index is -4.91. The third-order valence-electron chi connectivity index (χ3n) is 5.71. The average molecular weight is 639 g/mol. The van der Waals surface area contributed by atoms with E-state index in [2.05, 4.69) is 30.2 Å².